The number of nitriles is 1. The molecule has 2 rings (SSSR count). The summed E-state index contributed by atoms with van der Waals surface area (Å²) in [6.45, 7) is 22.7. The lowest BCUT2D eigenvalue weighted by Crippen LogP contribution is -2.40. The summed E-state index contributed by atoms with van der Waals surface area (Å²) in [4.78, 5) is 8.48. The number of aliphatic hydroxyl groups is 1. The smallest absolute Gasteiger partial charge is 0.192 e. The van der Waals surface area contributed by atoms with Crippen molar-refractivity contribution in [3.8, 4) is 6.07 Å². The van der Waals surface area contributed by atoms with E-state index >= 15 is 0 Å². The maximum absolute atomic E-state index is 8.98. The molecule has 0 unspecified atom stereocenters. The van der Waals surface area contributed by atoms with Crippen LogP contribution in [0.4, 0.5) is 0 Å². The molecule has 0 aliphatic rings. The molecule has 0 bridgehead atoms. The number of hydrogen-bond acceptors (Lipinski definition) is 7. The van der Waals surface area contributed by atoms with Gasteiger partial charge < -0.3 is 19.4 Å². The van der Waals surface area contributed by atoms with Crippen LogP contribution in [0.15, 0.2) is 36.7 Å². The van der Waals surface area contributed by atoms with Crippen LogP contribution in [0.25, 0.3) is 0 Å². The van der Waals surface area contributed by atoms with E-state index in [1.807, 2.05) is 6.07 Å². The van der Waals surface area contributed by atoms with Crippen molar-refractivity contribution in [2.75, 3.05) is 6.61 Å². The minimum absolute atomic E-state index is 0.169. The highest BCUT2D eigenvalue weighted by molar-refractivity contribution is 6.74. The molecule has 198 valence electrons. The minimum Gasteiger partial charge on any atom is -0.411 e. The van der Waals surface area contributed by atoms with Crippen LogP contribution in [0.5, 0.6) is 0 Å². The zero-order chi connectivity index (χ0) is 27.8. The highest BCUT2D eigenvalue weighted by atomic mass is 28.4. The lowest BCUT2D eigenvalue weighted by molar-refractivity contribution is 0.272. The molecule has 36 heavy (non-hydrogen) atoms. The van der Waals surface area contributed by atoms with Gasteiger partial charge in [0.05, 0.1) is 48.6 Å². The highest BCUT2D eigenvalue weighted by Crippen LogP contribution is 2.37. The first-order chi connectivity index (χ1) is 16.4. The van der Waals surface area contributed by atoms with Crippen molar-refractivity contribution >= 4 is 22.3 Å². The van der Waals surface area contributed by atoms with Gasteiger partial charge in [0.2, 0.25) is 0 Å². The third-order valence-electron chi connectivity index (χ3n) is 7.04. The van der Waals surface area contributed by atoms with Crippen molar-refractivity contribution < 1.29 is 14.0 Å². The number of pyridine rings is 2. The maximum Gasteiger partial charge on any atom is 0.192 e. The monoisotopic (exact) mass is 528 g/mol. The van der Waals surface area contributed by atoms with Gasteiger partial charge >= 0.3 is 0 Å². The summed E-state index contributed by atoms with van der Waals surface area (Å²) in [5, 5.41) is 25.8. The molecule has 0 spiro atoms. The molecule has 0 aliphatic carbocycles. The van der Waals surface area contributed by atoms with Gasteiger partial charge in [0.1, 0.15) is 0 Å². The van der Waals surface area contributed by atoms with Gasteiger partial charge in [0.25, 0.3) is 0 Å². The minimum atomic E-state index is -1.78. The van der Waals surface area contributed by atoms with E-state index in [9.17, 15) is 0 Å². The Morgan fingerprint density at radius 2 is 1.33 bits per heavy atom. The number of nitrogens with one attached hydrogen (secondary N) is 1. The predicted molar refractivity (Wildman–Crippen MR) is 151 cm³/mol. The van der Waals surface area contributed by atoms with Gasteiger partial charge in [-0.05, 0) is 60.5 Å². The Bertz CT molecular complexity index is 1050. The Balaban J connectivity index is 0.000000362. The molecule has 0 saturated carbocycles. The molecule has 0 atom stereocenters. The summed E-state index contributed by atoms with van der Waals surface area (Å²) in [7, 11) is -3.52. The van der Waals surface area contributed by atoms with Crippen molar-refractivity contribution in [3.05, 3.63) is 59.2 Å². The van der Waals surface area contributed by atoms with Gasteiger partial charge in [-0.3, -0.25) is 9.97 Å². The van der Waals surface area contributed by atoms with Gasteiger partial charge in [0, 0.05) is 18.0 Å². The van der Waals surface area contributed by atoms with E-state index in [1.165, 1.54) is 0 Å². The molecule has 7 nitrogen and oxygen atoms in total. The van der Waals surface area contributed by atoms with Gasteiger partial charge in [-0.1, -0.05) is 41.5 Å². The van der Waals surface area contributed by atoms with Gasteiger partial charge in [-0.2, -0.15) is 5.26 Å². The Labute approximate surface area is 219 Å². The summed E-state index contributed by atoms with van der Waals surface area (Å²) >= 11 is 0. The van der Waals surface area contributed by atoms with E-state index in [1.54, 1.807) is 30.6 Å². The first-order valence-electron chi connectivity index (χ1n) is 12.2. The van der Waals surface area contributed by atoms with Gasteiger partial charge in [-0.15, -0.1) is 0 Å². The molecular formula is C27H44N4O3Si2. The van der Waals surface area contributed by atoms with E-state index in [2.05, 4.69) is 83.8 Å². The Morgan fingerprint density at radius 3 is 1.75 bits per heavy atom. The molecule has 2 heterocycles. The lowest BCUT2D eigenvalue weighted by Gasteiger charge is -2.36. The molecule has 0 saturated heterocycles. The second kappa shape index (κ2) is 12.8. The number of aliphatic hydroxyl groups excluding tert-OH is 1. The van der Waals surface area contributed by atoms with Crippen LogP contribution in [0, 0.1) is 16.7 Å². The first-order valence-corrected chi connectivity index (χ1v) is 18.0. The van der Waals surface area contributed by atoms with Crippen molar-refractivity contribution in [3.63, 3.8) is 0 Å². The van der Waals surface area contributed by atoms with Crippen molar-refractivity contribution in [2.45, 2.75) is 91.0 Å². The highest BCUT2D eigenvalue weighted by Gasteiger charge is 2.38. The zero-order valence-corrected chi connectivity index (χ0v) is 25.7. The molecule has 0 fully saturated rings. The van der Waals surface area contributed by atoms with Crippen LogP contribution in [-0.4, -0.2) is 44.0 Å². The fourth-order valence-corrected chi connectivity index (χ4v) is 4.29. The Morgan fingerprint density at radius 1 is 0.889 bits per heavy atom. The molecule has 0 radical (unpaired) electrons. The molecule has 2 aromatic rings. The van der Waals surface area contributed by atoms with Crippen LogP contribution < -0.4 is 0 Å². The summed E-state index contributed by atoms with van der Waals surface area (Å²) in [6, 6.07) is 9.14. The molecule has 0 amide bonds. The first kappa shape index (κ1) is 31.8. The Kier molecular flexibility index (Phi) is 11.3. The molecule has 0 aliphatic heterocycles. The largest absolute Gasteiger partial charge is 0.411 e. The fourth-order valence-electron chi connectivity index (χ4n) is 2.40. The van der Waals surface area contributed by atoms with E-state index < -0.39 is 16.6 Å². The van der Waals surface area contributed by atoms with Gasteiger partial charge in [0.15, 0.2) is 16.6 Å². The maximum atomic E-state index is 8.98. The number of rotatable bonds is 8. The van der Waals surface area contributed by atoms with Gasteiger partial charge in [-0.25, -0.2) is 0 Å². The Hall–Kier alpha value is -2.23. The molecular weight excluding hydrogens is 484 g/mol. The van der Waals surface area contributed by atoms with Crippen LogP contribution in [-0.2, 0) is 22.1 Å². The standard InChI is InChI=1S/C14H24N2O2Si.C13H20N2OSi/c1-14(2,3)19(4,5)18-10-12-8-11(6-7-16-12)13(15)9-17;1-13(2,3)17(4,5)16-10-12-8-11(9-14)6-7-15-12/h6-8,15,17H,9-10H2,1-5H3;6-8H,10H2,1-5H3. The normalized spacial score (nSPS) is 12.4. The SMILES string of the molecule is CC(C)(C)[Si](C)(C)OCc1cc(C#N)ccn1.CC(C)(C)[Si](C)(C)OCc1cc(C(=N)CO)ccn1. The number of aromatic nitrogens is 2. The summed E-state index contributed by atoms with van der Waals surface area (Å²) in [6.07, 6.45) is 3.31. The topological polar surface area (TPSA) is 112 Å². The molecule has 0 aromatic carbocycles. The quantitative estimate of drug-likeness (QED) is 0.301. The van der Waals surface area contributed by atoms with Crippen LogP contribution >= 0.6 is 0 Å². The van der Waals surface area contributed by atoms with Crippen LogP contribution in [0.1, 0.15) is 64.1 Å². The number of hydrogen-bond donors (Lipinski definition) is 2. The third-order valence-corrected chi connectivity index (χ3v) is 16.0. The second-order valence-corrected chi connectivity index (χ2v) is 21.5. The molecule has 9 heteroatoms. The predicted octanol–water partition coefficient (Wildman–Crippen LogP) is 6.44. The van der Waals surface area contributed by atoms with E-state index in [4.69, 9.17) is 24.6 Å². The lowest BCUT2D eigenvalue weighted by atomic mass is 10.1. The van der Waals surface area contributed by atoms with Crippen molar-refractivity contribution in [2.24, 2.45) is 0 Å². The molecule has 2 N–H and O–H groups in total. The zero-order valence-electron chi connectivity index (χ0n) is 23.7. The summed E-state index contributed by atoms with van der Waals surface area (Å²) < 4.78 is 12.1. The van der Waals surface area contributed by atoms with Crippen LogP contribution in [0.2, 0.25) is 36.3 Å². The van der Waals surface area contributed by atoms with Crippen molar-refractivity contribution in [1.29, 1.82) is 10.7 Å². The van der Waals surface area contributed by atoms with E-state index in [-0.39, 0.29) is 22.4 Å². The van der Waals surface area contributed by atoms with Crippen molar-refractivity contribution in [1.82, 2.24) is 9.97 Å². The summed E-state index contributed by atoms with van der Waals surface area (Å²) in [5.41, 5.74) is 3.17. The fraction of sp³-hybridized carbons (Fsp3) is 0.556. The second-order valence-electron chi connectivity index (χ2n) is 11.9. The van der Waals surface area contributed by atoms with E-state index in [0.717, 1.165) is 11.4 Å². The summed E-state index contributed by atoms with van der Waals surface area (Å²) in [5.74, 6) is 0. The molecule has 2 aromatic heterocycles. The average molecular weight is 529 g/mol. The van der Waals surface area contributed by atoms with E-state index in [0.29, 0.717) is 24.3 Å². The van der Waals surface area contributed by atoms with Crippen LogP contribution in [0.3, 0.4) is 0 Å². The average Bonchev–Trinajstić information content (AvgIpc) is 2.80. The number of nitrogens with zero attached hydrogens (tertiary/aromatic N) is 3. The third kappa shape index (κ3) is 9.67.